The van der Waals surface area contributed by atoms with Crippen LogP contribution in [0.4, 0.5) is 0 Å². The molecule has 1 atom stereocenters. The fourth-order valence-corrected chi connectivity index (χ4v) is 3.41. The highest BCUT2D eigenvalue weighted by atomic mass is 35.5. The maximum atomic E-state index is 12.1. The van der Waals surface area contributed by atoms with E-state index in [0.717, 1.165) is 16.5 Å². The van der Waals surface area contributed by atoms with Crippen molar-refractivity contribution in [1.82, 2.24) is 9.99 Å². The van der Waals surface area contributed by atoms with E-state index in [9.17, 15) is 4.79 Å². The molecule has 132 valence electrons. The summed E-state index contributed by atoms with van der Waals surface area (Å²) in [6.45, 7) is 1.48. The first kappa shape index (κ1) is 16.6. The minimum absolute atomic E-state index is 0.164. The molecular formula is C19H16ClN3O3. The van der Waals surface area contributed by atoms with Gasteiger partial charge < -0.3 is 9.15 Å². The van der Waals surface area contributed by atoms with E-state index in [1.807, 2.05) is 30.3 Å². The number of hydrogen-bond donors (Lipinski definition) is 0. The molecule has 0 N–H and O–H groups in total. The minimum atomic E-state index is -0.320. The lowest BCUT2D eigenvalue weighted by Crippen LogP contribution is -2.24. The lowest BCUT2D eigenvalue weighted by molar-refractivity contribution is -0.130. The summed E-state index contributed by atoms with van der Waals surface area (Å²) in [5.41, 5.74) is 2.20. The van der Waals surface area contributed by atoms with Crippen LogP contribution in [-0.4, -0.2) is 28.7 Å². The Balaban J connectivity index is 1.76. The summed E-state index contributed by atoms with van der Waals surface area (Å²) in [7, 11) is 1.61. The topological polar surface area (TPSA) is 67.9 Å². The van der Waals surface area contributed by atoms with Crippen molar-refractivity contribution in [3.05, 3.63) is 59.1 Å². The number of carbonyl (C=O) groups is 1. The number of hydrazone groups is 1. The maximum absolute atomic E-state index is 12.1. The fraction of sp³-hybridized carbons (Fsp3) is 0.211. The molecule has 1 aromatic carbocycles. The second-order valence-corrected chi connectivity index (χ2v) is 6.39. The van der Waals surface area contributed by atoms with Crippen LogP contribution in [0.25, 0.3) is 10.9 Å². The third-order valence-electron chi connectivity index (χ3n) is 4.40. The molecule has 4 rings (SSSR count). The van der Waals surface area contributed by atoms with Crippen molar-refractivity contribution in [3.8, 4) is 5.75 Å². The van der Waals surface area contributed by atoms with Crippen LogP contribution in [0.3, 0.4) is 0 Å². The summed E-state index contributed by atoms with van der Waals surface area (Å²) in [4.78, 5) is 16.6. The van der Waals surface area contributed by atoms with Gasteiger partial charge in [-0.3, -0.25) is 4.79 Å². The highest BCUT2D eigenvalue weighted by Gasteiger charge is 2.34. The third kappa shape index (κ3) is 2.82. The number of fused-ring (bicyclic) bond motifs is 1. The number of amides is 1. The minimum Gasteiger partial charge on any atom is -0.497 e. The average molecular weight is 370 g/mol. The standard InChI is InChI=1S/C19H16ClN3O3/c1-11(24)23-17(10-16(22-23)18-4-3-7-26-18)14-8-12-5-6-13(25-2)9-15(12)21-19(14)20/h3-9,17H,10H2,1-2H3/t17-/m1/s1. The van der Waals surface area contributed by atoms with Crippen molar-refractivity contribution in [2.45, 2.75) is 19.4 Å². The van der Waals surface area contributed by atoms with Crippen molar-refractivity contribution in [1.29, 1.82) is 0 Å². The monoisotopic (exact) mass is 369 g/mol. The molecule has 0 fully saturated rings. The van der Waals surface area contributed by atoms with Crippen LogP contribution in [0.15, 0.2) is 52.2 Å². The Morgan fingerprint density at radius 1 is 1.35 bits per heavy atom. The second kappa shape index (κ2) is 6.46. The fourth-order valence-electron chi connectivity index (χ4n) is 3.13. The van der Waals surface area contributed by atoms with E-state index in [0.29, 0.717) is 28.8 Å². The van der Waals surface area contributed by atoms with Gasteiger partial charge in [-0.25, -0.2) is 9.99 Å². The normalized spacial score (nSPS) is 16.8. The van der Waals surface area contributed by atoms with Crippen molar-refractivity contribution in [3.63, 3.8) is 0 Å². The number of ether oxygens (including phenoxy) is 1. The number of benzene rings is 1. The van der Waals surface area contributed by atoms with Crippen LogP contribution in [0, 0.1) is 0 Å². The van der Waals surface area contributed by atoms with Crippen LogP contribution >= 0.6 is 11.6 Å². The Labute approximate surface area is 155 Å². The molecule has 1 aliphatic rings. The molecule has 26 heavy (non-hydrogen) atoms. The van der Waals surface area contributed by atoms with Gasteiger partial charge in [-0.15, -0.1) is 0 Å². The molecule has 7 heteroatoms. The summed E-state index contributed by atoms with van der Waals surface area (Å²) in [6, 6.07) is 10.9. The average Bonchev–Trinajstić information content (AvgIpc) is 3.30. The lowest BCUT2D eigenvalue weighted by atomic mass is 10.0. The van der Waals surface area contributed by atoms with Crippen LogP contribution in [0.5, 0.6) is 5.75 Å². The Bertz CT molecular complexity index is 1010. The van der Waals surface area contributed by atoms with Gasteiger partial charge in [0.1, 0.15) is 22.4 Å². The number of furan rings is 1. The Morgan fingerprint density at radius 3 is 2.88 bits per heavy atom. The van der Waals surface area contributed by atoms with Gasteiger partial charge in [0.2, 0.25) is 5.91 Å². The Hall–Kier alpha value is -2.86. The number of aromatic nitrogens is 1. The first-order valence-corrected chi connectivity index (χ1v) is 8.50. The quantitative estimate of drug-likeness (QED) is 0.649. The van der Waals surface area contributed by atoms with E-state index < -0.39 is 0 Å². The molecule has 0 unspecified atom stereocenters. The third-order valence-corrected chi connectivity index (χ3v) is 4.71. The first-order valence-electron chi connectivity index (χ1n) is 8.12. The van der Waals surface area contributed by atoms with E-state index in [2.05, 4.69) is 10.1 Å². The Kier molecular flexibility index (Phi) is 4.12. The van der Waals surface area contributed by atoms with Crippen LogP contribution in [0.1, 0.15) is 30.7 Å². The summed E-state index contributed by atoms with van der Waals surface area (Å²) < 4.78 is 10.7. The zero-order valence-electron chi connectivity index (χ0n) is 14.3. The molecule has 6 nitrogen and oxygen atoms in total. The smallest absolute Gasteiger partial charge is 0.240 e. The molecule has 1 amide bonds. The summed E-state index contributed by atoms with van der Waals surface area (Å²) >= 11 is 6.46. The summed E-state index contributed by atoms with van der Waals surface area (Å²) in [5.74, 6) is 1.19. The molecule has 3 heterocycles. The lowest BCUT2D eigenvalue weighted by Gasteiger charge is -2.21. The van der Waals surface area contributed by atoms with Crippen molar-refractivity contribution >= 4 is 34.1 Å². The molecule has 0 saturated carbocycles. The number of pyridine rings is 1. The van der Waals surface area contributed by atoms with Gasteiger partial charge >= 0.3 is 0 Å². The number of hydrogen-bond acceptors (Lipinski definition) is 5. The van der Waals surface area contributed by atoms with E-state index in [-0.39, 0.29) is 11.9 Å². The Morgan fingerprint density at radius 2 is 2.19 bits per heavy atom. The van der Waals surface area contributed by atoms with E-state index >= 15 is 0 Å². The summed E-state index contributed by atoms with van der Waals surface area (Å²) in [5, 5.41) is 7.14. The predicted octanol–water partition coefficient (Wildman–Crippen LogP) is 4.19. The van der Waals surface area contributed by atoms with Gasteiger partial charge in [0, 0.05) is 30.4 Å². The molecule has 1 aliphatic heterocycles. The molecule has 0 radical (unpaired) electrons. The molecule has 0 saturated heterocycles. The zero-order chi connectivity index (χ0) is 18.3. The van der Waals surface area contributed by atoms with E-state index in [4.69, 9.17) is 20.8 Å². The van der Waals surface area contributed by atoms with E-state index in [1.54, 1.807) is 19.4 Å². The van der Waals surface area contributed by atoms with Gasteiger partial charge in [-0.05, 0) is 30.3 Å². The van der Waals surface area contributed by atoms with Gasteiger partial charge in [-0.1, -0.05) is 11.6 Å². The van der Waals surface area contributed by atoms with Gasteiger partial charge in [0.15, 0.2) is 0 Å². The van der Waals surface area contributed by atoms with Gasteiger partial charge in [0.25, 0.3) is 0 Å². The maximum Gasteiger partial charge on any atom is 0.240 e. The van der Waals surface area contributed by atoms with Crippen LogP contribution < -0.4 is 4.74 Å². The second-order valence-electron chi connectivity index (χ2n) is 6.03. The van der Waals surface area contributed by atoms with Crippen LogP contribution in [0.2, 0.25) is 5.15 Å². The first-order chi connectivity index (χ1) is 12.6. The van der Waals surface area contributed by atoms with Gasteiger partial charge in [0.05, 0.1) is 24.9 Å². The molecule has 2 aromatic heterocycles. The number of carbonyl (C=O) groups excluding carboxylic acids is 1. The molecule has 3 aromatic rings. The molecule has 0 bridgehead atoms. The van der Waals surface area contributed by atoms with Crippen LogP contribution in [-0.2, 0) is 4.79 Å². The van der Waals surface area contributed by atoms with Crippen molar-refractivity contribution in [2.24, 2.45) is 5.10 Å². The van der Waals surface area contributed by atoms with Crippen molar-refractivity contribution in [2.75, 3.05) is 7.11 Å². The number of methoxy groups -OCH3 is 1. The summed E-state index contributed by atoms with van der Waals surface area (Å²) in [6.07, 6.45) is 2.09. The largest absolute Gasteiger partial charge is 0.497 e. The SMILES string of the molecule is COc1ccc2cc([C@H]3CC(c4ccco4)=NN3C(C)=O)c(Cl)nc2c1. The highest BCUT2D eigenvalue weighted by molar-refractivity contribution is 6.30. The predicted molar refractivity (Wildman–Crippen MR) is 98.4 cm³/mol. The number of nitrogens with zero attached hydrogens (tertiary/aromatic N) is 3. The van der Waals surface area contributed by atoms with E-state index in [1.165, 1.54) is 11.9 Å². The molecule has 0 aliphatic carbocycles. The number of rotatable bonds is 3. The van der Waals surface area contributed by atoms with Crippen molar-refractivity contribution < 1.29 is 13.9 Å². The highest BCUT2D eigenvalue weighted by Crippen LogP contribution is 2.37. The number of halogens is 1. The van der Waals surface area contributed by atoms with Gasteiger partial charge in [-0.2, -0.15) is 5.10 Å². The zero-order valence-corrected chi connectivity index (χ0v) is 15.0. The molecular weight excluding hydrogens is 354 g/mol. The molecule has 0 spiro atoms.